The summed E-state index contributed by atoms with van der Waals surface area (Å²) in [5.74, 6) is 0. The summed E-state index contributed by atoms with van der Waals surface area (Å²) in [6, 6.07) is 59.4. The molecule has 8 aromatic carbocycles. The molecular weight excluding hydrogens is 569 g/mol. The van der Waals surface area contributed by atoms with E-state index in [1.807, 2.05) is 0 Å². The van der Waals surface area contributed by atoms with Crippen LogP contribution in [0.1, 0.15) is 16.7 Å². The molecule has 0 fully saturated rings. The van der Waals surface area contributed by atoms with Gasteiger partial charge in [0.2, 0.25) is 0 Å². The number of hydrogen-bond donors (Lipinski definition) is 0. The highest BCUT2D eigenvalue weighted by molar-refractivity contribution is 6.24. The van der Waals surface area contributed by atoms with Gasteiger partial charge in [0.25, 0.3) is 0 Å². The van der Waals surface area contributed by atoms with Crippen molar-refractivity contribution >= 4 is 66.4 Å². The Labute approximate surface area is 276 Å². The van der Waals surface area contributed by atoms with E-state index in [4.69, 9.17) is 0 Å². The lowest BCUT2D eigenvalue weighted by atomic mass is 9.91. The van der Waals surface area contributed by atoms with E-state index in [1.54, 1.807) is 0 Å². The first kappa shape index (κ1) is 28.6. The van der Waals surface area contributed by atoms with Crippen LogP contribution in [0.25, 0.3) is 32.3 Å². The Balaban J connectivity index is 1.58. The molecule has 0 heterocycles. The fraction of sp³-hybridized carbons (Fsp3) is 0.0667. The van der Waals surface area contributed by atoms with Crippen LogP contribution in [0.2, 0.25) is 0 Å². The zero-order valence-corrected chi connectivity index (χ0v) is 27.0. The molecule has 47 heavy (non-hydrogen) atoms. The van der Waals surface area contributed by atoms with Crippen molar-refractivity contribution in [2.75, 3.05) is 9.80 Å². The van der Waals surface area contributed by atoms with Gasteiger partial charge in [-0.2, -0.15) is 0 Å². The molecule has 0 atom stereocenters. The van der Waals surface area contributed by atoms with Crippen molar-refractivity contribution in [2.45, 2.75) is 20.8 Å². The summed E-state index contributed by atoms with van der Waals surface area (Å²) in [5.41, 5.74) is 10.7. The number of benzene rings is 8. The Morgan fingerprint density at radius 2 is 0.809 bits per heavy atom. The minimum absolute atomic E-state index is 1.13. The zero-order chi connectivity index (χ0) is 31.9. The highest BCUT2D eigenvalue weighted by atomic mass is 15.2. The first-order chi connectivity index (χ1) is 23.1. The number of aryl methyl sites for hydroxylation is 3. The maximum absolute atomic E-state index is 2.49. The third-order valence-electron chi connectivity index (χ3n) is 9.33. The Morgan fingerprint density at radius 3 is 1.40 bits per heavy atom. The van der Waals surface area contributed by atoms with Gasteiger partial charge in [0.05, 0.1) is 17.1 Å². The first-order valence-corrected chi connectivity index (χ1v) is 16.3. The molecule has 0 aliphatic heterocycles. The molecule has 0 aromatic heterocycles. The van der Waals surface area contributed by atoms with E-state index in [9.17, 15) is 0 Å². The molecule has 0 aliphatic rings. The summed E-state index contributed by atoms with van der Waals surface area (Å²) in [6.07, 6.45) is 0. The van der Waals surface area contributed by atoms with Gasteiger partial charge in [0.15, 0.2) is 0 Å². The molecule has 0 radical (unpaired) electrons. The van der Waals surface area contributed by atoms with Crippen molar-refractivity contribution < 1.29 is 0 Å². The van der Waals surface area contributed by atoms with Gasteiger partial charge < -0.3 is 9.80 Å². The zero-order valence-electron chi connectivity index (χ0n) is 27.0. The van der Waals surface area contributed by atoms with Gasteiger partial charge in [0.1, 0.15) is 0 Å². The molecule has 226 valence electrons. The molecule has 0 saturated heterocycles. The molecule has 0 spiro atoms. The van der Waals surface area contributed by atoms with Gasteiger partial charge >= 0.3 is 0 Å². The molecule has 0 aliphatic carbocycles. The van der Waals surface area contributed by atoms with Crippen LogP contribution in [-0.4, -0.2) is 0 Å². The average molecular weight is 605 g/mol. The van der Waals surface area contributed by atoms with E-state index in [-0.39, 0.29) is 0 Å². The normalized spacial score (nSPS) is 11.3. The van der Waals surface area contributed by atoms with Crippen LogP contribution in [-0.2, 0) is 0 Å². The highest BCUT2D eigenvalue weighted by Gasteiger charge is 2.26. The molecule has 0 saturated carbocycles. The quantitative estimate of drug-likeness (QED) is 0.138. The van der Waals surface area contributed by atoms with Crippen LogP contribution in [0, 0.1) is 20.8 Å². The van der Waals surface area contributed by atoms with Crippen molar-refractivity contribution in [3.63, 3.8) is 0 Å². The Morgan fingerprint density at radius 1 is 0.340 bits per heavy atom. The standard InChI is InChI=1S/C45H36N2/c1-31-26-27-39-40(28-31)45(47(37-22-11-6-12-23-37)43-25-15-17-34-16-13-14-24-38(34)43)42-30-33(3)32(2)29-41(42)44(39)46(35-18-7-4-8-19-35)36-20-9-5-10-21-36/h4-30H,1-3H3. The SMILES string of the molecule is Cc1ccc2c(N(c3ccccc3)c3ccccc3)c3cc(C)c(C)cc3c(N(c3ccccc3)c3cccc4ccccc34)c2c1. The number of hydrogen-bond acceptors (Lipinski definition) is 2. The Kier molecular flexibility index (Phi) is 7.19. The Hall–Kier alpha value is -5.86. The molecule has 0 bridgehead atoms. The summed E-state index contributed by atoms with van der Waals surface area (Å²) in [6.45, 7) is 6.66. The van der Waals surface area contributed by atoms with E-state index in [0.717, 1.165) is 22.7 Å². The lowest BCUT2D eigenvalue weighted by molar-refractivity contribution is 1.29. The van der Waals surface area contributed by atoms with Crippen LogP contribution in [0.4, 0.5) is 34.1 Å². The maximum Gasteiger partial charge on any atom is 0.0620 e. The minimum Gasteiger partial charge on any atom is -0.309 e. The van der Waals surface area contributed by atoms with Gasteiger partial charge in [0, 0.05) is 44.0 Å². The van der Waals surface area contributed by atoms with E-state index in [2.05, 4.69) is 194 Å². The number of anilines is 6. The second kappa shape index (κ2) is 11.8. The lowest BCUT2D eigenvalue weighted by Gasteiger charge is -2.33. The fourth-order valence-corrected chi connectivity index (χ4v) is 6.97. The minimum atomic E-state index is 1.13. The van der Waals surface area contributed by atoms with Crippen molar-refractivity contribution in [3.05, 3.63) is 180 Å². The van der Waals surface area contributed by atoms with Crippen molar-refractivity contribution in [2.24, 2.45) is 0 Å². The summed E-state index contributed by atoms with van der Waals surface area (Å²) >= 11 is 0. The topological polar surface area (TPSA) is 6.48 Å². The number of para-hydroxylation sites is 3. The molecule has 8 aromatic rings. The highest BCUT2D eigenvalue weighted by Crippen LogP contribution is 2.52. The molecule has 2 nitrogen and oxygen atoms in total. The summed E-state index contributed by atoms with van der Waals surface area (Å²) in [7, 11) is 0. The predicted molar refractivity (Wildman–Crippen MR) is 203 cm³/mol. The van der Waals surface area contributed by atoms with Crippen molar-refractivity contribution in [1.82, 2.24) is 0 Å². The van der Waals surface area contributed by atoms with Crippen molar-refractivity contribution in [1.29, 1.82) is 0 Å². The summed E-state index contributed by atoms with van der Waals surface area (Å²) < 4.78 is 0. The first-order valence-electron chi connectivity index (χ1n) is 16.3. The second-order valence-corrected chi connectivity index (χ2v) is 12.4. The summed E-state index contributed by atoms with van der Waals surface area (Å²) in [5, 5.41) is 7.29. The van der Waals surface area contributed by atoms with Gasteiger partial charge in [-0.25, -0.2) is 0 Å². The molecule has 0 unspecified atom stereocenters. The van der Waals surface area contributed by atoms with Gasteiger partial charge in [-0.05, 0) is 97.9 Å². The van der Waals surface area contributed by atoms with E-state index >= 15 is 0 Å². The maximum atomic E-state index is 2.49. The smallest absolute Gasteiger partial charge is 0.0620 e. The fourth-order valence-electron chi connectivity index (χ4n) is 6.97. The average Bonchev–Trinajstić information content (AvgIpc) is 3.11. The third kappa shape index (κ3) is 4.99. The lowest BCUT2D eigenvalue weighted by Crippen LogP contribution is -2.15. The van der Waals surface area contributed by atoms with Crippen LogP contribution in [0.3, 0.4) is 0 Å². The van der Waals surface area contributed by atoms with Crippen LogP contribution < -0.4 is 9.80 Å². The van der Waals surface area contributed by atoms with E-state index < -0.39 is 0 Å². The largest absolute Gasteiger partial charge is 0.309 e. The Bertz CT molecular complexity index is 2330. The van der Waals surface area contributed by atoms with Crippen LogP contribution in [0.15, 0.2) is 164 Å². The molecule has 8 rings (SSSR count). The molecule has 2 heteroatoms. The van der Waals surface area contributed by atoms with Crippen LogP contribution >= 0.6 is 0 Å². The monoisotopic (exact) mass is 604 g/mol. The second-order valence-electron chi connectivity index (χ2n) is 12.4. The third-order valence-corrected chi connectivity index (χ3v) is 9.33. The molecule has 0 N–H and O–H groups in total. The number of nitrogens with zero attached hydrogens (tertiary/aromatic N) is 2. The van der Waals surface area contributed by atoms with Gasteiger partial charge in [-0.3, -0.25) is 0 Å². The van der Waals surface area contributed by atoms with Crippen molar-refractivity contribution in [3.8, 4) is 0 Å². The molecule has 0 amide bonds. The van der Waals surface area contributed by atoms with E-state index in [0.29, 0.717) is 0 Å². The van der Waals surface area contributed by atoms with Gasteiger partial charge in [-0.1, -0.05) is 109 Å². The summed E-state index contributed by atoms with van der Waals surface area (Å²) in [4.78, 5) is 4.92. The van der Waals surface area contributed by atoms with E-state index in [1.165, 1.54) is 60.4 Å². The molecular formula is C45H36N2. The number of rotatable bonds is 6. The van der Waals surface area contributed by atoms with Gasteiger partial charge in [-0.15, -0.1) is 0 Å². The van der Waals surface area contributed by atoms with Crippen LogP contribution in [0.5, 0.6) is 0 Å². The number of fused-ring (bicyclic) bond motifs is 3. The predicted octanol–water partition coefficient (Wildman–Crippen LogP) is 13.0.